The van der Waals surface area contributed by atoms with Crippen LogP contribution in [-0.4, -0.2) is 12.4 Å². The van der Waals surface area contributed by atoms with E-state index in [9.17, 15) is 0 Å². The molecule has 2 rings (SSSR count). The van der Waals surface area contributed by atoms with E-state index in [1.807, 2.05) is 11.8 Å². The third-order valence-electron chi connectivity index (χ3n) is 3.84. The standard InChI is InChI=1S/C17H26OS.C3H8/c1-17(2,3)14-11-8-12-15(16(14)18-4)19-13-9-6-5-7-10-13;1-3-2/h8,11-13H,5-7,9-10H2,1-4H3;3H2,1-2H3. The number of methoxy groups -OCH3 is 1. The van der Waals surface area contributed by atoms with Gasteiger partial charge in [0, 0.05) is 15.7 Å². The van der Waals surface area contributed by atoms with Gasteiger partial charge in [0.1, 0.15) is 5.75 Å². The number of hydrogen-bond acceptors (Lipinski definition) is 2. The van der Waals surface area contributed by atoms with Crippen LogP contribution in [0.5, 0.6) is 5.75 Å². The molecule has 1 aromatic rings. The van der Waals surface area contributed by atoms with Crippen molar-refractivity contribution in [3.05, 3.63) is 23.8 Å². The van der Waals surface area contributed by atoms with Gasteiger partial charge in [-0.1, -0.05) is 72.4 Å². The Morgan fingerprint density at radius 3 is 2.18 bits per heavy atom. The smallest absolute Gasteiger partial charge is 0.136 e. The summed E-state index contributed by atoms with van der Waals surface area (Å²) in [6.07, 6.45) is 8.15. The highest BCUT2D eigenvalue weighted by atomic mass is 32.2. The summed E-state index contributed by atoms with van der Waals surface area (Å²) >= 11 is 2.02. The Hall–Kier alpha value is -0.630. The van der Waals surface area contributed by atoms with E-state index in [1.165, 1.54) is 49.0 Å². The Morgan fingerprint density at radius 1 is 1.09 bits per heavy atom. The number of ether oxygens (including phenoxy) is 1. The highest BCUT2D eigenvalue weighted by Crippen LogP contribution is 2.42. The fourth-order valence-electron chi connectivity index (χ4n) is 2.77. The van der Waals surface area contributed by atoms with Gasteiger partial charge in [0.25, 0.3) is 0 Å². The predicted octanol–water partition coefficient (Wildman–Crippen LogP) is 6.83. The summed E-state index contributed by atoms with van der Waals surface area (Å²) < 4.78 is 5.72. The first-order chi connectivity index (χ1) is 10.4. The Bertz CT molecular complexity index is 428. The van der Waals surface area contributed by atoms with Crippen LogP contribution >= 0.6 is 11.8 Å². The predicted molar refractivity (Wildman–Crippen MR) is 100 cm³/mol. The van der Waals surface area contributed by atoms with Gasteiger partial charge in [0.2, 0.25) is 0 Å². The van der Waals surface area contributed by atoms with Gasteiger partial charge in [-0.2, -0.15) is 0 Å². The van der Waals surface area contributed by atoms with Crippen LogP contribution in [-0.2, 0) is 5.41 Å². The van der Waals surface area contributed by atoms with E-state index >= 15 is 0 Å². The summed E-state index contributed by atoms with van der Waals surface area (Å²) in [7, 11) is 1.80. The first-order valence-electron chi connectivity index (χ1n) is 8.78. The van der Waals surface area contributed by atoms with Crippen molar-refractivity contribution in [3.63, 3.8) is 0 Å². The molecule has 2 heteroatoms. The Balaban J connectivity index is 0.000000745. The van der Waals surface area contributed by atoms with E-state index < -0.39 is 0 Å². The Morgan fingerprint density at radius 2 is 1.68 bits per heavy atom. The number of hydrogen-bond donors (Lipinski definition) is 0. The maximum Gasteiger partial charge on any atom is 0.136 e. The van der Waals surface area contributed by atoms with Crippen LogP contribution in [0.3, 0.4) is 0 Å². The second-order valence-electron chi connectivity index (χ2n) is 7.17. The summed E-state index contributed by atoms with van der Waals surface area (Å²) in [5.74, 6) is 1.09. The van der Waals surface area contributed by atoms with Crippen LogP contribution in [0.15, 0.2) is 23.1 Å². The molecule has 126 valence electrons. The zero-order chi connectivity index (χ0) is 16.6. The van der Waals surface area contributed by atoms with Crippen LogP contribution in [0.4, 0.5) is 0 Å². The largest absolute Gasteiger partial charge is 0.495 e. The molecule has 1 aromatic carbocycles. The molecule has 22 heavy (non-hydrogen) atoms. The van der Waals surface area contributed by atoms with Crippen molar-refractivity contribution < 1.29 is 4.74 Å². The summed E-state index contributed by atoms with van der Waals surface area (Å²) in [6, 6.07) is 6.59. The molecule has 0 amide bonds. The van der Waals surface area contributed by atoms with E-state index in [1.54, 1.807) is 7.11 Å². The lowest BCUT2D eigenvalue weighted by Gasteiger charge is -2.26. The molecule has 0 N–H and O–H groups in total. The van der Waals surface area contributed by atoms with Gasteiger partial charge < -0.3 is 4.74 Å². The van der Waals surface area contributed by atoms with E-state index in [4.69, 9.17) is 4.74 Å². The molecule has 0 heterocycles. The molecule has 0 spiro atoms. The maximum absolute atomic E-state index is 5.72. The van der Waals surface area contributed by atoms with Crippen molar-refractivity contribution >= 4 is 11.8 Å². The van der Waals surface area contributed by atoms with Gasteiger partial charge in [-0.05, 0) is 24.3 Å². The molecule has 1 nitrogen and oxygen atoms in total. The van der Waals surface area contributed by atoms with Crippen molar-refractivity contribution in [2.45, 2.75) is 88.7 Å². The molecule has 0 unspecified atom stereocenters. The summed E-state index contributed by atoms with van der Waals surface area (Å²) in [5.41, 5.74) is 1.45. The zero-order valence-corrected chi connectivity index (χ0v) is 16.2. The molecule has 0 bridgehead atoms. The minimum absolute atomic E-state index is 0.133. The number of para-hydroxylation sites is 1. The van der Waals surface area contributed by atoms with Crippen molar-refractivity contribution in [2.75, 3.05) is 7.11 Å². The highest BCUT2D eigenvalue weighted by Gasteiger charge is 2.23. The molecule has 1 aliphatic rings. The SMILES string of the molecule is CCC.COc1c(SC2CCCCC2)cccc1C(C)(C)C. The van der Waals surface area contributed by atoms with Gasteiger partial charge >= 0.3 is 0 Å². The maximum atomic E-state index is 5.72. The van der Waals surface area contributed by atoms with Gasteiger partial charge in [-0.25, -0.2) is 0 Å². The van der Waals surface area contributed by atoms with Gasteiger partial charge in [0.05, 0.1) is 7.11 Å². The normalized spacial score (nSPS) is 15.9. The quantitative estimate of drug-likeness (QED) is 0.603. The van der Waals surface area contributed by atoms with Gasteiger partial charge in [0.15, 0.2) is 0 Å². The molecule has 0 saturated heterocycles. The van der Waals surface area contributed by atoms with Gasteiger partial charge in [-0.3, -0.25) is 0 Å². The van der Waals surface area contributed by atoms with Crippen LogP contribution < -0.4 is 4.74 Å². The summed E-state index contributed by atoms with van der Waals surface area (Å²) in [4.78, 5) is 1.32. The van der Waals surface area contributed by atoms with Crippen LogP contribution in [0, 0.1) is 0 Å². The highest BCUT2D eigenvalue weighted by molar-refractivity contribution is 8.00. The number of thioether (sulfide) groups is 1. The molecule has 0 aliphatic heterocycles. The average molecular weight is 323 g/mol. The molecule has 1 saturated carbocycles. The first-order valence-corrected chi connectivity index (χ1v) is 9.66. The monoisotopic (exact) mass is 322 g/mol. The molecular formula is C20H34OS. The van der Waals surface area contributed by atoms with Crippen molar-refractivity contribution in [1.82, 2.24) is 0 Å². The van der Waals surface area contributed by atoms with Crippen molar-refractivity contribution in [3.8, 4) is 5.75 Å². The second-order valence-corrected chi connectivity index (χ2v) is 8.51. The zero-order valence-electron chi connectivity index (χ0n) is 15.4. The minimum atomic E-state index is 0.133. The third kappa shape index (κ3) is 5.87. The summed E-state index contributed by atoms with van der Waals surface area (Å²) in [5, 5.41) is 0.776. The molecule has 1 aliphatic carbocycles. The van der Waals surface area contributed by atoms with Crippen LogP contribution in [0.2, 0.25) is 0 Å². The number of benzene rings is 1. The Kier molecular flexibility index (Phi) is 8.38. The van der Waals surface area contributed by atoms with Crippen LogP contribution in [0.25, 0.3) is 0 Å². The Labute approximate surface area is 142 Å². The van der Waals surface area contributed by atoms with Crippen molar-refractivity contribution in [2.24, 2.45) is 0 Å². The third-order valence-corrected chi connectivity index (χ3v) is 5.22. The molecule has 1 fully saturated rings. The molecule has 0 radical (unpaired) electrons. The summed E-state index contributed by atoms with van der Waals surface area (Å²) in [6.45, 7) is 11.0. The van der Waals surface area contributed by atoms with E-state index in [2.05, 4.69) is 52.8 Å². The van der Waals surface area contributed by atoms with E-state index in [0.717, 1.165) is 11.0 Å². The molecule has 0 aromatic heterocycles. The molecular weight excluding hydrogens is 288 g/mol. The lowest BCUT2D eigenvalue weighted by molar-refractivity contribution is 0.387. The average Bonchev–Trinajstić information content (AvgIpc) is 2.48. The second kappa shape index (κ2) is 9.50. The fourth-order valence-corrected chi connectivity index (χ4v) is 4.16. The van der Waals surface area contributed by atoms with Crippen molar-refractivity contribution in [1.29, 1.82) is 0 Å². The molecule has 0 atom stereocenters. The topological polar surface area (TPSA) is 9.23 Å². The van der Waals surface area contributed by atoms with E-state index in [-0.39, 0.29) is 5.41 Å². The minimum Gasteiger partial charge on any atom is -0.495 e. The lowest BCUT2D eigenvalue weighted by atomic mass is 9.86. The van der Waals surface area contributed by atoms with E-state index in [0.29, 0.717) is 0 Å². The fraction of sp³-hybridized carbons (Fsp3) is 0.700. The van der Waals surface area contributed by atoms with Crippen LogP contribution in [0.1, 0.15) is 78.7 Å². The lowest BCUT2D eigenvalue weighted by Crippen LogP contribution is -2.14. The number of rotatable bonds is 3. The van der Waals surface area contributed by atoms with Gasteiger partial charge in [-0.15, -0.1) is 11.8 Å². The first kappa shape index (κ1) is 19.4.